The predicted molar refractivity (Wildman–Crippen MR) is 67.4 cm³/mol. The van der Waals surface area contributed by atoms with Crippen molar-refractivity contribution in [3.05, 3.63) is 12.2 Å². The summed E-state index contributed by atoms with van der Waals surface area (Å²) in [5, 5.41) is 0. The SMILES string of the molecule is N[C@@H]1CCCC[C@H]1N1C(=O)C2CC=CCC2C1=O. The van der Waals surface area contributed by atoms with Gasteiger partial charge in [0.15, 0.2) is 0 Å². The molecule has 0 spiro atoms. The molecule has 2 unspecified atom stereocenters. The summed E-state index contributed by atoms with van der Waals surface area (Å²) in [5.74, 6) is -0.179. The lowest BCUT2D eigenvalue weighted by Crippen LogP contribution is -2.52. The Morgan fingerprint density at radius 2 is 1.56 bits per heavy atom. The van der Waals surface area contributed by atoms with E-state index in [-0.39, 0.29) is 35.7 Å². The molecule has 2 fully saturated rings. The van der Waals surface area contributed by atoms with Crippen molar-refractivity contribution in [3.8, 4) is 0 Å². The smallest absolute Gasteiger partial charge is 0.233 e. The second-order valence-corrected chi connectivity index (χ2v) is 5.72. The van der Waals surface area contributed by atoms with Crippen molar-refractivity contribution in [2.24, 2.45) is 17.6 Å². The zero-order valence-corrected chi connectivity index (χ0v) is 10.5. The van der Waals surface area contributed by atoms with Gasteiger partial charge in [0, 0.05) is 6.04 Å². The number of imide groups is 1. The van der Waals surface area contributed by atoms with Crippen molar-refractivity contribution >= 4 is 11.8 Å². The molecule has 2 aliphatic carbocycles. The molecule has 2 amide bonds. The lowest BCUT2D eigenvalue weighted by Gasteiger charge is -2.34. The molecule has 0 aromatic carbocycles. The summed E-state index contributed by atoms with van der Waals surface area (Å²) in [7, 11) is 0. The largest absolute Gasteiger partial charge is 0.326 e. The van der Waals surface area contributed by atoms with Gasteiger partial charge in [-0.1, -0.05) is 25.0 Å². The molecule has 4 atom stereocenters. The average Bonchev–Trinajstić information content (AvgIpc) is 2.64. The van der Waals surface area contributed by atoms with Crippen LogP contribution in [0, 0.1) is 11.8 Å². The number of amides is 2. The fourth-order valence-corrected chi connectivity index (χ4v) is 3.61. The predicted octanol–water partition coefficient (Wildman–Crippen LogP) is 1.21. The number of carbonyl (C=O) groups excluding carboxylic acids is 2. The Labute approximate surface area is 107 Å². The molecule has 1 saturated heterocycles. The number of allylic oxidation sites excluding steroid dienone is 2. The van der Waals surface area contributed by atoms with Crippen LogP contribution in [0.3, 0.4) is 0 Å². The molecule has 1 saturated carbocycles. The van der Waals surface area contributed by atoms with Crippen molar-refractivity contribution in [2.75, 3.05) is 0 Å². The molecule has 18 heavy (non-hydrogen) atoms. The van der Waals surface area contributed by atoms with Crippen molar-refractivity contribution in [3.63, 3.8) is 0 Å². The molecule has 98 valence electrons. The Bertz CT molecular complexity index is 379. The minimum atomic E-state index is -0.114. The van der Waals surface area contributed by atoms with E-state index in [1.807, 2.05) is 12.2 Å². The van der Waals surface area contributed by atoms with Crippen LogP contribution < -0.4 is 5.73 Å². The molecule has 3 rings (SSSR count). The van der Waals surface area contributed by atoms with Gasteiger partial charge in [0.25, 0.3) is 0 Å². The van der Waals surface area contributed by atoms with E-state index in [1.165, 1.54) is 4.90 Å². The Kier molecular flexibility index (Phi) is 2.98. The molecule has 3 aliphatic rings. The Balaban J connectivity index is 1.84. The molecule has 1 aliphatic heterocycles. The van der Waals surface area contributed by atoms with Gasteiger partial charge in [-0.3, -0.25) is 14.5 Å². The summed E-state index contributed by atoms with van der Waals surface area (Å²) in [6.45, 7) is 0. The monoisotopic (exact) mass is 248 g/mol. The molecule has 0 bridgehead atoms. The summed E-state index contributed by atoms with van der Waals surface area (Å²) in [4.78, 5) is 26.3. The minimum Gasteiger partial charge on any atom is -0.326 e. The fourth-order valence-electron chi connectivity index (χ4n) is 3.61. The molecule has 4 nitrogen and oxygen atoms in total. The number of hydrogen-bond acceptors (Lipinski definition) is 3. The van der Waals surface area contributed by atoms with Crippen LogP contribution in [0.4, 0.5) is 0 Å². The van der Waals surface area contributed by atoms with Crippen LogP contribution in [0.15, 0.2) is 12.2 Å². The number of rotatable bonds is 1. The topological polar surface area (TPSA) is 63.4 Å². The molecular formula is C14H20N2O2. The first kappa shape index (κ1) is 11.9. The first-order valence-corrected chi connectivity index (χ1v) is 6.97. The van der Waals surface area contributed by atoms with E-state index >= 15 is 0 Å². The van der Waals surface area contributed by atoms with Crippen molar-refractivity contribution < 1.29 is 9.59 Å². The van der Waals surface area contributed by atoms with E-state index < -0.39 is 0 Å². The van der Waals surface area contributed by atoms with Gasteiger partial charge in [0.2, 0.25) is 11.8 Å². The van der Waals surface area contributed by atoms with Crippen molar-refractivity contribution in [1.82, 2.24) is 4.90 Å². The molecular weight excluding hydrogens is 228 g/mol. The van der Waals surface area contributed by atoms with Crippen LogP contribution in [0.5, 0.6) is 0 Å². The third kappa shape index (κ3) is 1.70. The van der Waals surface area contributed by atoms with Gasteiger partial charge in [0.1, 0.15) is 0 Å². The zero-order valence-electron chi connectivity index (χ0n) is 10.5. The summed E-state index contributed by atoms with van der Waals surface area (Å²) in [6.07, 6.45) is 9.47. The van der Waals surface area contributed by atoms with Crippen LogP contribution in [-0.2, 0) is 9.59 Å². The highest BCUT2D eigenvalue weighted by atomic mass is 16.2. The van der Waals surface area contributed by atoms with Gasteiger partial charge in [-0.2, -0.15) is 0 Å². The maximum atomic E-state index is 12.4. The van der Waals surface area contributed by atoms with Gasteiger partial charge in [-0.25, -0.2) is 0 Å². The minimum absolute atomic E-state index is 0.0247. The average molecular weight is 248 g/mol. The van der Waals surface area contributed by atoms with Gasteiger partial charge in [-0.05, 0) is 25.7 Å². The number of nitrogens with two attached hydrogens (primary N) is 1. The van der Waals surface area contributed by atoms with Crippen LogP contribution >= 0.6 is 0 Å². The van der Waals surface area contributed by atoms with E-state index in [9.17, 15) is 9.59 Å². The first-order chi connectivity index (χ1) is 8.70. The molecule has 2 N–H and O–H groups in total. The number of fused-ring (bicyclic) bond motifs is 1. The lowest BCUT2D eigenvalue weighted by molar-refractivity contribution is -0.143. The standard InChI is InChI=1S/C14H20N2O2/c15-11-7-3-4-8-12(11)16-13(17)9-5-1-2-6-10(9)14(16)18/h1-2,9-12H,3-8,15H2/t9?,10?,11-,12-/m1/s1. The van der Waals surface area contributed by atoms with Crippen molar-refractivity contribution in [2.45, 2.75) is 50.6 Å². The van der Waals surface area contributed by atoms with Gasteiger partial charge < -0.3 is 5.73 Å². The lowest BCUT2D eigenvalue weighted by atomic mass is 9.85. The highest BCUT2D eigenvalue weighted by Crippen LogP contribution is 2.38. The third-order valence-corrected chi connectivity index (χ3v) is 4.65. The molecule has 0 aromatic rings. The second kappa shape index (κ2) is 4.50. The normalized spacial score (nSPS) is 40.2. The van der Waals surface area contributed by atoms with E-state index in [4.69, 9.17) is 5.73 Å². The van der Waals surface area contributed by atoms with Crippen molar-refractivity contribution in [1.29, 1.82) is 0 Å². The van der Waals surface area contributed by atoms with E-state index in [0.717, 1.165) is 25.7 Å². The van der Waals surface area contributed by atoms with Crippen LogP contribution in [-0.4, -0.2) is 28.8 Å². The first-order valence-electron chi connectivity index (χ1n) is 6.97. The maximum Gasteiger partial charge on any atom is 0.233 e. The summed E-state index contributed by atoms with van der Waals surface area (Å²) >= 11 is 0. The summed E-state index contributed by atoms with van der Waals surface area (Å²) in [5.41, 5.74) is 6.11. The highest BCUT2D eigenvalue weighted by molar-refractivity contribution is 6.05. The fraction of sp³-hybridized carbons (Fsp3) is 0.714. The Morgan fingerprint density at radius 1 is 1.00 bits per heavy atom. The number of carbonyl (C=O) groups is 2. The van der Waals surface area contributed by atoms with Gasteiger partial charge >= 0.3 is 0 Å². The number of likely N-dealkylation sites (tertiary alicyclic amines) is 1. The Morgan fingerprint density at radius 3 is 2.11 bits per heavy atom. The molecule has 1 heterocycles. The molecule has 0 radical (unpaired) electrons. The summed E-state index contributed by atoms with van der Waals surface area (Å²) < 4.78 is 0. The molecule has 0 aromatic heterocycles. The van der Waals surface area contributed by atoms with Crippen LogP contribution in [0.25, 0.3) is 0 Å². The van der Waals surface area contributed by atoms with E-state index in [0.29, 0.717) is 12.8 Å². The van der Waals surface area contributed by atoms with Gasteiger partial charge in [0.05, 0.1) is 17.9 Å². The van der Waals surface area contributed by atoms with Crippen LogP contribution in [0.2, 0.25) is 0 Å². The summed E-state index contributed by atoms with van der Waals surface area (Å²) in [6, 6.07) is -0.0795. The second-order valence-electron chi connectivity index (χ2n) is 5.72. The third-order valence-electron chi connectivity index (χ3n) is 4.65. The molecule has 4 heteroatoms. The highest BCUT2D eigenvalue weighted by Gasteiger charge is 2.50. The quantitative estimate of drug-likeness (QED) is 0.560. The Hall–Kier alpha value is -1.16. The number of nitrogens with zero attached hydrogens (tertiary/aromatic N) is 1. The zero-order chi connectivity index (χ0) is 12.7. The maximum absolute atomic E-state index is 12.4. The number of hydrogen-bond donors (Lipinski definition) is 1. The van der Waals surface area contributed by atoms with E-state index in [1.54, 1.807) is 0 Å². The van der Waals surface area contributed by atoms with Gasteiger partial charge in [-0.15, -0.1) is 0 Å². The van der Waals surface area contributed by atoms with E-state index in [2.05, 4.69) is 0 Å². The van der Waals surface area contributed by atoms with Crippen LogP contribution in [0.1, 0.15) is 38.5 Å².